The minimum atomic E-state index is -0.907. The Bertz CT molecular complexity index is 897. The maximum atomic E-state index is 12.9. The third kappa shape index (κ3) is 5.04. The van der Waals surface area contributed by atoms with Crippen molar-refractivity contribution in [3.05, 3.63) is 35.9 Å². The smallest absolute Gasteiger partial charge is 0.326 e. The lowest BCUT2D eigenvalue weighted by Gasteiger charge is -2.36. The highest BCUT2D eigenvalue weighted by Crippen LogP contribution is 2.38. The Morgan fingerprint density at radius 2 is 1.82 bits per heavy atom. The summed E-state index contributed by atoms with van der Waals surface area (Å²) in [7, 11) is 0. The highest BCUT2D eigenvalue weighted by molar-refractivity contribution is 6.09. The van der Waals surface area contributed by atoms with E-state index in [-0.39, 0.29) is 24.3 Å². The van der Waals surface area contributed by atoms with Gasteiger partial charge >= 0.3 is 12.0 Å². The van der Waals surface area contributed by atoms with Gasteiger partial charge in [-0.25, -0.2) is 4.79 Å². The third-order valence-electron chi connectivity index (χ3n) is 7.48. The molecule has 1 N–H and O–H groups in total. The maximum absolute atomic E-state index is 12.9. The predicted molar refractivity (Wildman–Crippen MR) is 121 cm³/mol. The fourth-order valence-corrected chi connectivity index (χ4v) is 5.38. The molecule has 1 spiro atoms. The summed E-state index contributed by atoms with van der Waals surface area (Å²) in [5.74, 6) is -0.783. The summed E-state index contributed by atoms with van der Waals surface area (Å²) >= 11 is 0. The molecule has 0 radical (unpaired) electrons. The van der Waals surface area contributed by atoms with Crippen molar-refractivity contribution in [2.75, 3.05) is 26.2 Å². The molecule has 3 aliphatic rings. The number of carbonyl (C=O) groups is 4. The quantitative estimate of drug-likeness (QED) is 0.525. The minimum absolute atomic E-state index is 0.0233. The molecule has 0 aromatic heterocycles. The number of piperidine rings is 1. The first-order valence-corrected chi connectivity index (χ1v) is 12.0. The van der Waals surface area contributed by atoms with E-state index < -0.39 is 24.1 Å². The van der Waals surface area contributed by atoms with Gasteiger partial charge in [-0.15, -0.1) is 0 Å². The molecule has 2 aliphatic heterocycles. The Hall–Kier alpha value is -2.90. The summed E-state index contributed by atoms with van der Waals surface area (Å²) in [6, 6.07) is 9.77. The van der Waals surface area contributed by atoms with Crippen LogP contribution in [0.5, 0.6) is 0 Å². The van der Waals surface area contributed by atoms with Crippen LogP contribution in [0.4, 0.5) is 4.79 Å². The van der Waals surface area contributed by atoms with Gasteiger partial charge in [0.15, 0.2) is 6.61 Å². The molecule has 2 atom stereocenters. The zero-order valence-electron chi connectivity index (χ0n) is 19.3. The summed E-state index contributed by atoms with van der Waals surface area (Å²) in [6.45, 7) is 2.41. The van der Waals surface area contributed by atoms with E-state index in [1.54, 1.807) is 4.90 Å². The highest BCUT2D eigenvalue weighted by atomic mass is 16.5. The second-order valence-corrected chi connectivity index (χ2v) is 9.61. The van der Waals surface area contributed by atoms with Crippen molar-refractivity contribution < 1.29 is 23.9 Å². The van der Waals surface area contributed by atoms with Crippen molar-refractivity contribution in [1.29, 1.82) is 0 Å². The Balaban J connectivity index is 1.21. The normalized spacial score (nSPS) is 25.9. The van der Waals surface area contributed by atoms with Gasteiger partial charge in [0.2, 0.25) is 0 Å². The molecule has 1 aliphatic carbocycles. The van der Waals surface area contributed by atoms with Crippen LogP contribution in [0.3, 0.4) is 0 Å². The third-order valence-corrected chi connectivity index (χ3v) is 7.48. The Kier molecular flexibility index (Phi) is 7.00. The Labute approximate surface area is 194 Å². The van der Waals surface area contributed by atoms with Crippen molar-refractivity contribution >= 4 is 23.8 Å². The summed E-state index contributed by atoms with van der Waals surface area (Å²) in [5.41, 5.74) is 0.399. The van der Waals surface area contributed by atoms with Crippen molar-refractivity contribution in [2.45, 2.75) is 57.4 Å². The molecule has 8 nitrogen and oxygen atoms in total. The van der Waals surface area contributed by atoms with E-state index in [4.69, 9.17) is 4.74 Å². The lowest BCUT2D eigenvalue weighted by Crippen LogP contribution is -2.54. The standard InChI is InChI=1S/C25H33N3O5/c1-18-7-5-6-12-25(18)23(31)28(24(32)26-25)16-22(30)33-17-21(29)27-13-10-20(11-14-27)15-19-8-3-2-4-9-19/h2-4,8-9,18,20H,5-7,10-17H2,1H3,(H,26,32). The molecule has 1 aromatic rings. The van der Waals surface area contributed by atoms with Crippen LogP contribution < -0.4 is 5.32 Å². The molecule has 3 fully saturated rings. The van der Waals surface area contributed by atoms with Crippen LogP contribution in [-0.4, -0.2) is 65.4 Å². The van der Waals surface area contributed by atoms with Crippen LogP contribution >= 0.6 is 0 Å². The SMILES string of the molecule is CC1CCCCC12NC(=O)N(CC(=O)OCC(=O)N1CCC(Cc3ccccc3)CC1)C2=O. The Morgan fingerprint density at radius 1 is 1.09 bits per heavy atom. The number of amides is 4. The van der Waals surface area contributed by atoms with Crippen LogP contribution in [0.15, 0.2) is 30.3 Å². The lowest BCUT2D eigenvalue weighted by molar-refractivity contribution is -0.154. The number of carbonyl (C=O) groups excluding carboxylic acids is 4. The number of esters is 1. The molecule has 1 saturated carbocycles. The number of benzene rings is 1. The molecular formula is C25H33N3O5. The number of nitrogens with one attached hydrogen (secondary N) is 1. The van der Waals surface area contributed by atoms with Crippen LogP contribution in [-0.2, 0) is 25.5 Å². The number of ether oxygens (including phenoxy) is 1. The first-order chi connectivity index (χ1) is 15.9. The number of urea groups is 1. The summed E-state index contributed by atoms with van der Waals surface area (Å²) in [6.07, 6.45) is 6.17. The zero-order chi connectivity index (χ0) is 23.4. The first kappa shape index (κ1) is 23.3. The topological polar surface area (TPSA) is 96.0 Å². The number of likely N-dealkylation sites (tertiary alicyclic amines) is 1. The average molecular weight is 456 g/mol. The van der Waals surface area contributed by atoms with E-state index in [2.05, 4.69) is 17.4 Å². The second-order valence-electron chi connectivity index (χ2n) is 9.61. The van der Waals surface area contributed by atoms with Crippen molar-refractivity contribution in [1.82, 2.24) is 15.1 Å². The van der Waals surface area contributed by atoms with Crippen LogP contribution in [0.2, 0.25) is 0 Å². The average Bonchev–Trinajstić information content (AvgIpc) is 3.05. The van der Waals surface area contributed by atoms with Gasteiger partial charge in [-0.1, -0.05) is 50.1 Å². The largest absolute Gasteiger partial charge is 0.454 e. The van der Waals surface area contributed by atoms with Gasteiger partial charge in [0.05, 0.1) is 0 Å². The van der Waals surface area contributed by atoms with Crippen LogP contribution in [0.25, 0.3) is 0 Å². The van der Waals surface area contributed by atoms with Crippen molar-refractivity contribution in [3.8, 4) is 0 Å². The monoisotopic (exact) mass is 455 g/mol. The van der Waals surface area contributed by atoms with E-state index >= 15 is 0 Å². The van der Waals surface area contributed by atoms with E-state index in [9.17, 15) is 19.2 Å². The molecular weight excluding hydrogens is 422 g/mol. The van der Waals surface area contributed by atoms with E-state index in [0.29, 0.717) is 25.4 Å². The number of hydrogen-bond donors (Lipinski definition) is 1. The lowest BCUT2D eigenvalue weighted by atomic mass is 9.73. The number of rotatable bonds is 6. The molecule has 178 valence electrons. The fourth-order valence-electron chi connectivity index (χ4n) is 5.38. The zero-order valence-corrected chi connectivity index (χ0v) is 19.3. The first-order valence-electron chi connectivity index (χ1n) is 12.0. The van der Waals surface area contributed by atoms with Gasteiger partial charge in [-0.05, 0) is 49.5 Å². The van der Waals surface area contributed by atoms with Crippen molar-refractivity contribution in [2.24, 2.45) is 11.8 Å². The van der Waals surface area contributed by atoms with E-state index in [1.807, 2.05) is 25.1 Å². The number of nitrogens with zero attached hydrogens (tertiary/aromatic N) is 2. The Morgan fingerprint density at radius 3 is 2.52 bits per heavy atom. The number of imide groups is 1. The predicted octanol–water partition coefficient (Wildman–Crippen LogP) is 2.51. The van der Waals surface area contributed by atoms with Crippen LogP contribution in [0.1, 0.15) is 51.0 Å². The summed E-state index contributed by atoms with van der Waals surface area (Å²) < 4.78 is 5.14. The molecule has 4 amide bonds. The van der Waals surface area contributed by atoms with Gasteiger partial charge in [0.1, 0.15) is 12.1 Å². The highest BCUT2D eigenvalue weighted by Gasteiger charge is 2.55. The fraction of sp³-hybridized carbons (Fsp3) is 0.600. The molecule has 8 heteroatoms. The molecule has 2 saturated heterocycles. The van der Waals surface area contributed by atoms with Gasteiger partial charge in [-0.3, -0.25) is 19.3 Å². The second kappa shape index (κ2) is 9.93. The minimum Gasteiger partial charge on any atom is -0.454 e. The maximum Gasteiger partial charge on any atom is 0.326 e. The van der Waals surface area contributed by atoms with E-state index in [0.717, 1.165) is 43.4 Å². The summed E-state index contributed by atoms with van der Waals surface area (Å²) in [4.78, 5) is 52.8. The molecule has 0 bridgehead atoms. The van der Waals surface area contributed by atoms with Crippen molar-refractivity contribution in [3.63, 3.8) is 0 Å². The number of hydrogen-bond acceptors (Lipinski definition) is 5. The molecule has 33 heavy (non-hydrogen) atoms. The van der Waals surface area contributed by atoms with Gasteiger partial charge in [-0.2, -0.15) is 0 Å². The molecule has 2 heterocycles. The molecule has 2 unspecified atom stereocenters. The molecule has 4 rings (SSSR count). The van der Waals surface area contributed by atoms with Gasteiger partial charge in [0.25, 0.3) is 11.8 Å². The van der Waals surface area contributed by atoms with Crippen LogP contribution in [0, 0.1) is 11.8 Å². The summed E-state index contributed by atoms with van der Waals surface area (Å²) in [5, 5.41) is 2.82. The molecule has 1 aromatic carbocycles. The van der Waals surface area contributed by atoms with E-state index in [1.165, 1.54) is 5.56 Å². The van der Waals surface area contributed by atoms with Gasteiger partial charge < -0.3 is 15.0 Å². The van der Waals surface area contributed by atoms with Gasteiger partial charge in [0, 0.05) is 13.1 Å².